The number of carbonyl (C=O) groups is 1. The van der Waals surface area contributed by atoms with E-state index in [1.807, 2.05) is 6.92 Å². The maximum absolute atomic E-state index is 14.6. The molecule has 0 bridgehead atoms. The third-order valence-corrected chi connectivity index (χ3v) is 8.75. The van der Waals surface area contributed by atoms with Crippen LogP contribution in [-0.4, -0.2) is 101 Å². The normalized spacial score (nSPS) is 23.2. The van der Waals surface area contributed by atoms with E-state index >= 15 is 0 Å². The number of hydrogen-bond donors (Lipinski definition) is 1. The lowest BCUT2D eigenvalue weighted by atomic mass is 9.94. The third kappa shape index (κ3) is 6.19. The Hall–Kier alpha value is -2.83. The van der Waals surface area contributed by atoms with Gasteiger partial charge in [0.2, 0.25) is 5.91 Å². The molecule has 1 aliphatic carbocycles. The minimum atomic E-state index is -4.81. The number of anilines is 1. The van der Waals surface area contributed by atoms with Gasteiger partial charge in [0.15, 0.2) is 0 Å². The summed E-state index contributed by atoms with van der Waals surface area (Å²) in [6, 6.07) is 3.26. The Kier molecular flexibility index (Phi) is 8.54. The highest BCUT2D eigenvalue weighted by atomic mass is 19.4. The number of aromatic nitrogens is 2. The molecule has 1 aromatic carbocycles. The van der Waals surface area contributed by atoms with Crippen molar-refractivity contribution in [2.75, 3.05) is 63.8 Å². The second-order valence-corrected chi connectivity index (χ2v) is 11.7. The van der Waals surface area contributed by atoms with Gasteiger partial charge in [-0.1, -0.05) is 13.0 Å². The Labute approximate surface area is 238 Å². The van der Waals surface area contributed by atoms with Gasteiger partial charge in [0, 0.05) is 70.5 Å². The number of alkyl halides is 3. The summed E-state index contributed by atoms with van der Waals surface area (Å²) in [6.07, 6.45) is -3.37. The number of fused-ring (bicyclic) bond motifs is 1. The minimum absolute atomic E-state index is 0.117. The fourth-order valence-corrected chi connectivity index (χ4v) is 6.34. The summed E-state index contributed by atoms with van der Waals surface area (Å²) >= 11 is 0. The maximum Gasteiger partial charge on any atom is 0.419 e. The predicted octanol–water partition coefficient (Wildman–Crippen LogP) is 3.63. The molecule has 8 nitrogen and oxygen atoms in total. The van der Waals surface area contributed by atoms with Crippen molar-refractivity contribution >= 4 is 11.7 Å². The van der Waals surface area contributed by atoms with E-state index in [1.165, 1.54) is 12.4 Å². The van der Waals surface area contributed by atoms with E-state index in [4.69, 9.17) is 0 Å². The molecular weight excluding hydrogens is 540 g/mol. The Bertz CT molecular complexity index is 1240. The van der Waals surface area contributed by atoms with Crippen molar-refractivity contribution in [1.29, 1.82) is 0 Å². The van der Waals surface area contributed by atoms with E-state index in [-0.39, 0.29) is 17.4 Å². The number of nitrogens with zero attached hydrogens (tertiary/aromatic N) is 6. The van der Waals surface area contributed by atoms with Gasteiger partial charge in [0.1, 0.15) is 18.0 Å². The van der Waals surface area contributed by atoms with Crippen LogP contribution in [0.2, 0.25) is 0 Å². The van der Waals surface area contributed by atoms with Crippen molar-refractivity contribution in [3.8, 4) is 0 Å². The minimum Gasteiger partial charge on any atom is -0.387 e. The molecule has 1 aromatic heterocycles. The number of piperazine rings is 2. The second-order valence-electron chi connectivity index (χ2n) is 11.7. The number of benzene rings is 1. The van der Waals surface area contributed by atoms with Crippen LogP contribution in [0, 0.1) is 5.82 Å². The van der Waals surface area contributed by atoms with Crippen molar-refractivity contribution in [1.82, 2.24) is 24.7 Å². The average molecular weight is 579 g/mol. The van der Waals surface area contributed by atoms with E-state index < -0.39 is 29.6 Å². The monoisotopic (exact) mass is 578 g/mol. The molecule has 2 aliphatic heterocycles. The summed E-state index contributed by atoms with van der Waals surface area (Å²) in [5.74, 6) is -1.48. The summed E-state index contributed by atoms with van der Waals surface area (Å²) in [6.45, 7) is 11.5. The van der Waals surface area contributed by atoms with Crippen molar-refractivity contribution < 1.29 is 27.5 Å². The first-order valence-corrected chi connectivity index (χ1v) is 14.3. The van der Waals surface area contributed by atoms with Gasteiger partial charge in [-0.25, -0.2) is 14.4 Å². The molecule has 0 unspecified atom stereocenters. The fourth-order valence-electron chi connectivity index (χ4n) is 6.34. The number of amides is 1. The highest BCUT2D eigenvalue weighted by Crippen LogP contribution is 2.43. The van der Waals surface area contributed by atoms with Gasteiger partial charge < -0.3 is 14.9 Å². The van der Waals surface area contributed by atoms with Gasteiger partial charge in [-0.15, -0.1) is 0 Å². The first-order chi connectivity index (χ1) is 19.4. The standard InChI is InChI=1S/C29H38F4N6O2/c1-18(2)37-8-6-36(7-9-37)16-21(20-4-5-22(23(30)15-20)29(31,32)33)28(41)39-12-10-38(11-13-39)27-25-19(3)14-24(40)26(25)34-17-35-27/h4-5,15,17-19,21,24,40H,6-14,16H2,1-3H3/t19-,21-,24-/m1/s1. The Morgan fingerprint density at radius 2 is 1.73 bits per heavy atom. The molecule has 2 saturated heterocycles. The summed E-state index contributed by atoms with van der Waals surface area (Å²) in [5, 5.41) is 10.4. The number of aliphatic hydroxyl groups excluding tert-OH is 1. The van der Waals surface area contributed by atoms with Gasteiger partial charge >= 0.3 is 6.18 Å². The predicted molar refractivity (Wildman–Crippen MR) is 146 cm³/mol. The molecule has 0 spiro atoms. The van der Waals surface area contributed by atoms with E-state index in [0.29, 0.717) is 50.9 Å². The third-order valence-electron chi connectivity index (χ3n) is 8.75. The Balaban J connectivity index is 1.33. The first kappa shape index (κ1) is 29.7. The van der Waals surface area contributed by atoms with Crippen LogP contribution in [0.4, 0.5) is 23.4 Å². The largest absolute Gasteiger partial charge is 0.419 e. The molecule has 41 heavy (non-hydrogen) atoms. The van der Waals surface area contributed by atoms with Crippen molar-refractivity contribution in [3.63, 3.8) is 0 Å². The van der Waals surface area contributed by atoms with Crippen LogP contribution < -0.4 is 4.90 Å². The van der Waals surface area contributed by atoms with Gasteiger partial charge in [0.05, 0.1) is 23.3 Å². The highest BCUT2D eigenvalue weighted by molar-refractivity contribution is 5.84. The van der Waals surface area contributed by atoms with Crippen molar-refractivity contribution in [2.45, 2.75) is 57.3 Å². The molecule has 0 saturated carbocycles. The lowest BCUT2D eigenvalue weighted by molar-refractivity contribution is -0.140. The van der Waals surface area contributed by atoms with E-state index in [1.54, 1.807) is 4.90 Å². The molecule has 5 rings (SSSR count). The maximum atomic E-state index is 14.6. The summed E-state index contributed by atoms with van der Waals surface area (Å²) in [4.78, 5) is 31.0. The molecule has 1 amide bonds. The summed E-state index contributed by atoms with van der Waals surface area (Å²) in [5.41, 5.74) is 0.523. The van der Waals surface area contributed by atoms with Gasteiger partial charge in [0.25, 0.3) is 0 Å². The number of hydrogen-bond acceptors (Lipinski definition) is 7. The molecule has 12 heteroatoms. The first-order valence-electron chi connectivity index (χ1n) is 14.3. The van der Waals surface area contributed by atoms with Crippen LogP contribution in [0.1, 0.15) is 67.5 Å². The number of carbonyl (C=O) groups excluding carboxylic acids is 1. The van der Waals surface area contributed by atoms with Crippen LogP contribution in [0.5, 0.6) is 0 Å². The van der Waals surface area contributed by atoms with E-state index in [2.05, 4.69) is 38.5 Å². The molecule has 3 atom stereocenters. The molecule has 1 N–H and O–H groups in total. The molecule has 3 heterocycles. The highest BCUT2D eigenvalue weighted by Gasteiger charge is 2.38. The fraction of sp³-hybridized carbons (Fsp3) is 0.621. The van der Waals surface area contributed by atoms with Crippen LogP contribution in [0.3, 0.4) is 0 Å². The smallest absolute Gasteiger partial charge is 0.387 e. The zero-order valence-electron chi connectivity index (χ0n) is 23.7. The number of aliphatic hydroxyl groups is 1. The molecule has 2 aromatic rings. The second kappa shape index (κ2) is 11.8. The van der Waals surface area contributed by atoms with Crippen LogP contribution in [0.25, 0.3) is 0 Å². The van der Waals surface area contributed by atoms with Crippen molar-refractivity contribution in [3.05, 3.63) is 52.7 Å². The lowest BCUT2D eigenvalue weighted by Gasteiger charge is -2.40. The SMILES string of the molecule is CC(C)N1CCN(C[C@@H](C(=O)N2CCN(c3ncnc4c3[C@H](C)C[C@H]4O)CC2)c2ccc(C(F)(F)F)c(F)c2)CC1. The summed E-state index contributed by atoms with van der Waals surface area (Å²) < 4.78 is 54.4. The van der Waals surface area contributed by atoms with Crippen LogP contribution >= 0.6 is 0 Å². The van der Waals surface area contributed by atoms with Crippen molar-refractivity contribution in [2.24, 2.45) is 0 Å². The molecule has 224 valence electrons. The quantitative estimate of drug-likeness (QED) is 0.525. The van der Waals surface area contributed by atoms with E-state index in [9.17, 15) is 27.5 Å². The van der Waals surface area contributed by atoms with Gasteiger partial charge in [-0.05, 0) is 43.9 Å². The molecule has 3 aliphatic rings. The number of rotatable bonds is 6. The topological polar surface area (TPSA) is 76.0 Å². The Morgan fingerprint density at radius 3 is 2.34 bits per heavy atom. The molecule has 2 fully saturated rings. The lowest BCUT2D eigenvalue weighted by Crippen LogP contribution is -2.53. The zero-order valence-corrected chi connectivity index (χ0v) is 23.7. The molecular formula is C29H38F4N6O2. The number of halogens is 4. The van der Waals surface area contributed by atoms with Gasteiger partial charge in [-0.2, -0.15) is 13.2 Å². The molecule has 0 radical (unpaired) electrons. The van der Waals surface area contributed by atoms with Crippen LogP contribution in [0.15, 0.2) is 24.5 Å². The summed E-state index contributed by atoms with van der Waals surface area (Å²) in [7, 11) is 0. The zero-order chi connectivity index (χ0) is 29.5. The van der Waals surface area contributed by atoms with E-state index in [0.717, 1.165) is 49.7 Å². The Morgan fingerprint density at radius 1 is 1.05 bits per heavy atom. The average Bonchev–Trinajstić information content (AvgIpc) is 3.24. The van der Waals surface area contributed by atoms with Crippen LogP contribution in [-0.2, 0) is 11.0 Å². The van der Waals surface area contributed by atoms with Gasteiger partial charge in [-0.3, -0.25) is 14.6 Å².